The number of hydrogen-bond acceptors (Lipinski definition) is 8. The molecule has 0 aliphatic carbocycles. The normalized spacial score (nSPS) is 13.8. The summed E-state index contributed by atoms with van der Waals surface area (Å²) in [7, 11) is 0. The molecule has 2 aromatic heterocycles. The maximum absolute atomic E-state index is 12.9. The molecule has 1 aliphatic rings. The number of anilines is 1. The molecule has 0 unspecified atom stereocenters. The Bertz CT molecular complexity index is 1230. The highest BCUT2D eigenvalue weighted by Crippen LogP contribution is 2.19. The predicted molar refractivity (Wildman–Crippen MR) is 129 cm³/mol. The van der Waals surface area contributed by atoms with E-state index in [9.17, 15) is 4.79 Å². The van der Waals surface area contributed by atoms with Gasteiger partial charge in [0.15, 0.2) is 0 Å². The van der Waals surface area contributed by atoms with Crippen LogP contribution in [0.1, 0.15) is 16.3 Å². The predicted octanol–water partition coefficient (Wildman–Crippen LogP) is 2.90. The van der Waals surface area contributed by atoms with E-state index in [2.05, 4.69) is 25.4 Å². The van der Waals surface area contributed by atoms with E-state index >= 15 is 0 Å². The molecule has 0 radical (unpaired) electrons. The van der Waals surface area contributed by atoms with Crippen molar-refractivity contribution in [1.29, 1.82) is 0 Å². The molecule has 0 saturated carbocycles. The van der Waals surface area contributed by atoms with Crippen LogP contribution in [-0.2, 0) is 17.8 Å². The summed E-state index contributed by atoms with van der Waals surface area (Å²) in [5.74, 6) is 1.59. The number of tetrazole rings is 1. The Labute approximate surface area is 201 Å². The molecule has 5 rings (SSSR count). The van der Waals surface area contributed by atoms with Crippen LogP contribution < -0.4 is 9.64 Å². The van der Waals surface area contributed by atoms with Gasteiger partial charge < -0.3 is 14.5 Å². The van der Waals surface area contributed by atoms with Gasteiger partial charge in [0.1, 0.15) is 17.4 Å². The van der Waals surface area contributed by atoms with Crippen molar-refractivity contribution < 1.29 is 9.53 Å². The summed E-state index contributed by atoms with van der Waals surface area (Å²) < 4.78 is 7.53. The van der Waals surface area contributed by atoms with Gasteiger partial charge >= 0.3 is 0 Å². The van der Waals surface area contributed by atoms with Crippen molar-refractivity contribution in [1.82, 2.24) is 30.1 Å². The molecular formula is C24H25N7O2S. The number of carbonyl (C=O) groups is 1. The second-order valence-electron chi connectivity index (χ2n) is 8.11. The molecule has 174 valence electrons. The van der Waals surface area contributed by atoms with Gasteiger partial charge in [-0.05, 0) is 41.6 Å². The van der Waals surface area contributed by atoms with Gasteiger partial charge in [-0.1, -0.05) is 41.0 Å². The first kappa shape index (κ1) is 22.0. The van der Waals surface area contributed by atoms with E-state index in [4.69, 9.17) is 4.74 Å². The second kappa shape index (κ2) is 10.0. The number of thiazole rings is 1. The molecule has 1 fully saturated rings. The highest BCUT2D eigenvalue weighted by atomic mass is 32.1. The highest BCUT2D eigenvalue weighted by Gasteiger charge is 2.25. The van der Waals surface area contributed by atoms with Gasteiger partial charge in [-0.2, -0.15) is 4.68 Å². The quantitative estimate of drug-likeness (QED) is 0.406. The van der Waals surface area contributed by atoms with Gasteiger partial charge in [0, 0.05) is 31.6 Å². The fourth-order valence-corrected chi connectivity index (χ4v) is 4.52. The molecule has 0 atom stereocenters. The smallest absolute Gasteiger partial charge is 0.250 e. The Morgan fingerprint density at radius 2 is 1.79 bits per heavy atom. The lowest BCUT2D eigenvalue weighted by molar-refractivity contribution is -0.130. The minimum Gasteiger partial charge on any atom is -0.486 e. The highest BCUT2D eigenvalue weighted by molar-refractivity contribution is 7.09. The molecule has 1 saturated heterocycles. The lowest BCUT2D eigenvalue weighted by atomic mass is 10.2. The monoisotopic (exact) mass is 475 g/mol. The summed E-state index contributed by atoms with van der Waals surface area (Å²) in [6, 6.07) is 17.7. The molecule has 0 N–H and O–H groups in total. The number of nitrogens with zero attached hydrogens (tertiary/aromatic N) is 7. The van der Waals surface area contributed by atoms with Crippen molar-refractivity contribution in [3.05, 3.63) is 76.2 Å². The number of aryl methyl sites for hydroxylation is 1. The summed E-state index contributed by atoms with van der Waals surface area (Å²) in [5, 5.41) is 15.0. The number of carbonyl (C=O) groups excluding carboxylic acids is 1. The summed E-state index contributed by atoms with van der Waals surface area (Å²) in [4.78, 5) is 21.4. The number of benzene rings is 2. The van der Waals surface area contributed by atoms with Crippen LogP contribution in [0.5, 0.6) is 5.75 Å². The average Bonchev–Trinajstić information content (AvgIpc) is 3.54. The van der Waals surface area contributed by atoms with E-state index in [1.165, 1.54) is 16.9 Å². The van der Waals surface area contributed by atoms with Crippen molar-refractivity contribution in [3.63, 3.8) is 0 Å². The molecule has 3 heterocycles. The van der Waals surface area contributed by atoms with E-state index in [1.54, 1.807) is 4.68 Å². The molecule has 0 bridgehead atoms. The largest absolute Gasteiger partial charge is 0.486 e. The van der Waals surface area contributed by atoms with Crippen LogP contribution in [0.2, 0.25) is 0 Å². The van der Waals surface area contributed by atoms with Gasteiger partial charge in [0.05, 0.1) is 17.8 Å². The topological polar surface area (TPSA) is 89.3 Å². The van der Waals surface area contributed by atoms with Crippen LogP contribution in [-0.4, -0.2) is 62.2 Å². The summed E-state index contributed by atoms with van der Waals surface area (Å²) >= 11 is 1.52. The van der Waals surface area contributed by atoms with E-state index < -0.39 is 0 Å². The van der Waals surface area contributed by atoms with Crippen molar-refractivity contribution >= 4 is 23.2 Å². The van der Waals surface area contributed by atoms with Crippen LogP contribution in [0.25, 0.3) is 5.69 Å². The number of ether oxygens (including phenoxy) is 1. The average molecular weight is 476 g/mol. The van der Waals surface area contributed by atoms with Crippen LogP contribution in [0.3, 0.4) is 0 Å². The molecular weight excluding hydrogens is 450 g/mol. The molecule has 9 nitrogen and oxygen atoms in total. The Kier molecular flexibility index (Phi) is 6.48. The molecule has 0 spiro atoms. The number of hydrogen-bond donors (Lipinski definition) is 0. The van der Waals surface area contributed by atoms with Crippen molar-refractivity contribution in [3.8, 4) is 11.4 Å². The molecule has 4 aromatic rings. The van der Waals surface area contributed by atoms with E-state index in [1.807, 2.05) is 71.8 Å². The number of para-hydroxylation sites is 1. The number of piperazine rings is 1. The van der Waals surface area contributed by atoms with Crippen LogP contribution >= 0.6 is 11.3 Å². The third-order valence-corrected chi connectivity index (χ3v) is 6.56. The molecule has 34 heavy (non-hydrogen) atoms. The van der Waals surface area contributed by atoms with Gasteiger partial charge in [0.2, 0.25) is 11.9 Å². The van der Waals surface area contributed by atoms with E-state index in [-0.39, 0.29) is 5.91 Å². The number of rotatable bonds is 7. The summed E-state index contributed by atoms with van der Waals surface area (Å²) in [5.41, 5.74) is 2.89. The Hall–Kier alpha value is -3.79. The zero-order valence-corrected chi connectivity index (χ0v) is 19.7. The summed E-state index contributed by atoms with van der Waals surface area (Å²) in [6.07, 6.45) is 0.294. The zero-order chi connectivity index (χ0) is 23.3. The van der Waals surface area contributed by atoms with E-state index in [0.29, 0.717) is 45.2 Å². The molecule has 10 heteroatoms. The van der Waals surface area contributed by atoms with Crippen molar-refractivity contribution in [2.75, 3.05) is 31.1 Å². The fraction of sp³-hybridized carbons (Fsp3) is 0.292. The Morgan fingerprint density at radius 3 is 2.56 bits per heavy atom. The van der Waals surface area contributed by atoms with Gasteiger partial charge in [-0.25, -0.2) is 4.98 Å². The third-order valence-electron chi connectivity index (χ3n) is 5.68. The first-order valence-electron chi connectivity index (χ1n) is 11.1. The molecule has 2 aromatic carbocycles. The van der Waals surface area contributed by atoms with Crippen LogP contribution in [0.15, 0.2) is 60.0 Å². The standard InChI is InChI=1S/C24H25N7O2S/c1-18-7-9-21(10-8-18)33-16-22-25-19(17-34-22)15-23(32)29-11-13-30(14-12-29)24-26-27-28-31(24)20-5-3-2-4-6-20/h2-10,17H,11-16H2,1H3. The Balaban J connectivity index is 1.13. The maximum Gasteiger partial charge on any atom is 0.250 e. The zero-order valence-electron chi connectivity index (χ0n) is 18.9. The van der Waals surface area contributed by atoms with Crippen molar-refractivity contribution in [2.24, 2.45) is 0 Å². The first-order chi connectivity index (χ1) is 16.7. The fourth-order valence-electron chi connectivity index (χ4n) is 3.81. The lowest BCUT2D eigenvalue weighted by Crippen LogP contribution is -2.50. The molecule has 1 amide bonds. The van der Waals surface area contributed by atoms with Crippen LogP contribution in [0, 0.1) is 6.92 Å². The third kappa shape index (κ3) is 5.07. The maximum atomic E-state index is 12.9. The van der Waals surface area contributed by atoms with Crippen LogP contribution in [0.4, 0.5) is 5.95 Å². The van der Waals surface area contributed by atoms with E-state index in [0.717, 1.165) is 22.1 Å². The van der Waals surface area contributed by atoms with Gasteiger partial charge in [-0.3, -0.25) is 4.79 Å². The Morgan fingerprint density at radius 1 is 1.03 bits per heavy atom. The van der Waals surface area contributed by atoms with Crippen molar-refractivity contribution in [2.45, 2.75) is 20.0 Å². The minimum atomic E-state index is 0.0820. The first-order valence-corrected chi connectivity index (χ1v) is 12.0. The number of aromatic nitrogens is 5. The number of amides is 1. The van der Waals surface area contributed by atoms with Gasteiger partial charge in [0.25, 0.3) is 0 Å². The summed E-state index contributed by atoms with van der Waals surface area (Å²) in [6.45, 7) is 5.03. The molecule has 1 aliphatic heterocycles. The second-order valence-corrected chi connectivity index (χ2v) is 9.05. The lowest BCUT2D eigenvalue weighted by Gasteiger charge is -2.34. The SMILES string of the molecule is Cc1ccc(OCc2nc(CC(=O)N3CCN(c4nnnn4-c4ccccc4)CC3)cs2)cc1. The van der Waals surface area contributed by atoms with Gasteiger partial charge in [-0.15, -0.1) is 11.3 Å². The minimum absolute atomic E-state index is 0.0820.